The van der Waals surface area contributed by atoms with Crippen LogP contribution in [0.4, 0.5) is 5.82 Å². The number of aromatic nitrogens is 2. The maximum absolute atomic E-state index is 6.89. The van der Waals surface area contributed by atoms with Crippen molar-refractivity contribution in [3.8, 4) is 0 Å². The molecule has 0 atom stereocenters. The van der Waals surface area contributed by atoms with Gasteiger partial charge in [-0.1, -0.05) is 12.8 Å². The molecule has 0 aliphatic heterocycles. The van der Waals surface area contributed by atoms with Crippen LogP contribution in [0.1, 0.15) is 37.3 Å². The number of aromatic amines is 1. The monoisotopic (exact) mass is 219 g/mol. The quantitative estimate of drug-likeness (QED) is 0.583. The molecule has 0 spiro atoms. The van der Waals surface area contributed by atoms with E-state index >= 15 is 0 Å². The molecule has 0 radical (unpaired) electrons. The summed E-state index contributed by atoms with van der Waals surface area (Å²) >= 11 is 0. The zero-order chi connectivity index (χ0) is 11.4. The van der Waals surface area contributed by atoms with Crippen LogP contribution in [0.15, 0.2) is 18.0 Å². The van der Waals surface area contributed by atoms with E-state index in [0.29, 0.717) is 11.7 Å². The lowest BCUT2D eigenvalue weighted by Gasteiger charge is -2.02. The summed E-state index contributed by atoms with van der Waals surface area (Å²) < 4.78 is 0. The number of rotatable bonds is 4. The van der Waals surface area contributed by atoms with Gasteiger partial charge in [-0.05, 0) is 18.9 Å². The molecule has 1 aliphatic rings. The van der Waals surface area contributed by atoms with Crippen LogP contribution in [0.3, 0.4) is 0 Å². The van der Waals surface area contributed by atoms with Crippen LogP contribution in [-0.4, -0.2) is 16.4 Å². The summed E-state index contributed by atoms with van der Waals surface area (Å²) in [5.41, 5.74) is 6.74. The lowest BCUT2D eigenvalue weighted by atomic mass is 10.0. The van der Waals surface area contributed by atoms with Crippen LogP contribution < -0.4 is 11.1 Å². The normalized spacial score (nSPS) is 17.6. The first kappa shape index (κ1) is 10.7. The van der Waals surface area contributed by atoms with Crippen LogP contribution in [0.5, 0.6) is 0 Å². The molecule has 0 aromatic carbocycles. The van der Waals surface area contributed by atoms with E-state index in [2.05, 4.69) is 15.5 Å². The van der Waals surface area contributed by atoms with Gasteiger partial charge in [0.2, 0.25) is 0 Å². The van der Waals surface area contributed by atoms with Crippen LogP contribution in [-0.2, 0) is 0 Å². The highest BCUT2D eigenvalue weighted by molar-refractivity contribution is 5.69. The van der Waals surface area contributed by atoms with Gasteiger partial charge in [0.05, 0.1) is 5.69 Å². The van der Waals surface area contributed by atoms with Gasteiger partial charge in [-0.15, -0.1) is 0 Å². The Bertz CT molecular complexity index is 387. The Hall–Kier alpha value is -1.78. The predicted molar refractivity (Wildman–Crippen MR) is 64.5 cm³/mol. The Morgan fingerprint density at radius 2 is 2.31 bits per heavy atom. The number of hydrogen-bond acceptors (Lipinski definition) is 4. The van der Waals surface area contributed by atoms with Crippen molar-refractivity contribution in [3.05, 3.63) is 23.7 Å². The smallest absolute Gasteiger partial charge is 0.127 e. The van der Waals surface area contributed by atoms with E-state index in [1.807, 2.05) is 6.07 Å². The molecule has 1 aromatic rings. The Morgan fingerprint density at radius 3 is 3.00 bits per heavy atom. The third kappa shape index (κ3) is 2.42. The third-order valence-corrected chi connectivity index (χ3v) is 2.91. The SMILES string of the molecule is N=C/C=C(\N)Nc1cc(C2CCCC2)n[nH]1. The minimum absolute atomic E-state index is 0.441. The van der Waals surface area contributed by atoms with E-state index in [4.69, 9.17) is 11.1 Å². The van der Waals surface area contributed by atoms with Gasteiger partial charge < -0.3 is 16.5 Å². The number of nitrogens with two attached hydrogens (primary N) is 1. The van der Waals surface area contributed by atoms with Gasteiger partial charge >= 0.3 is 0 Å². The highest BCUT2D eigenvalue weighted by Crippen LogP contribution is 2.33. The van der Waals surface area contributed by atoms with Gasteiger partial charge in [0, 0.05) is 18.2 Å². The summed E-state index contributed by atoms with van der Waals surface area (Å²) in [5.74, 6) is 1.83. The fraction of sp³-hybridized carbons (Fsp3) is 0.455. The minimum Gasteiger partial charge on any atom is -0.385 e. The highest BCUT2D eigenvalue weighted by Gasteiger charge is 2.19. The highest BCUT2D eigenvalue weighted by atomic mass is 15.2. The second kappa shape index (κ2) is 4.83. The van der Waals surface area contributed by atoms with Crippen molar-refractivity contribution in [2.24, 2.45) is 5.73 Å². The number of H-pyrrole nitrogens is 1. The van der Waals surface area contributed by atoms with Crippen molar-refractivity contribution in [1.82, 2.24) is 10.2 Å². The van der Waals surface area contributed by atoms with Gasteiger partial charge in [0.25, 0.3) is 0 Å². The average molecular weight is 219 g/mol. The molecule has 0 saturated heterocycles. The van der Waals surface area contributed by atoms with E-state index in [1.165, 1.54) is 31.8 Å². The summed E-state index contributed by atoms with van der Waals surface area (Å²) in [6.45, 7) is 0. The van der Waals surface area contributed by atoms with Crippen molar-refractivity contribution in [3.63, 3.8) is 0 Å². The molecule has 5 N–H and O–H groups in total. The number of nitrogens with zero attached hydrogens (tertiary/aromatic N) is 1. The summed E-state index contributed by atoms with van der Waals surface area (Å²) in [7, 11) is 0. The molecule has 1 fully saturated rings. The fourth-order valence-electron chi connectivity index (χ4n) is 2.12. The van der Waals surface area contributed by atoms with Gasteiger partial charge in [-0.3, -0.25) is 5.10 Å². The summed E-state index contributed by atoms with van der Waals surface area (Å²) in [6, 6.07) is 2.00. The van der Waals surface area contributed by atoms with Crippen LogP contribution in [0.2, 0.25) is 0 Å². The summed E-state index contributed by atoms with van der Waals surface area (Å²) in [5, 5.41) is 17.0. The van der Waals surface area contributed by atoms with Gasteiger partial charge in [0.15, 0.2) is 0 Å². The molecule has 0 amide bonds. The number of allylic oxidation sites excluding steroid dienone is 1. The first-order chi connectivity index (χ1) is 7.79. The van der Waals surface area contributed by atoms with Gasteiger partial charge in [-0.25, -0.2) is 0 Å². The zero-order valence-corrected chi connectivity index (χ0v) is 9.16. The molecule has 86 valence electrons. The standard InChI is InChI=1S/C11H17N5/c12-6-5-10(13)14-11-7-9(15-16-11)8-3-1-2-4-8/h5-8,12H,1-4,13H2,(H2,14,15,16)/b10-5+,12-6?. The summed E-state index contributed by atoms with van der Waals surface area (Å²) in [4.78, 5) is 0. The van der Waals surface area contributed by atoms with Crippen molar-refractivity contribution in [1.29, 1.82) is 5.41 Å². The van der Waals surface area contributed by atoms with Gasteiger partial charge in [-0.2, -0.15) is 5.10 Å². The molecule has 0 bridgehead atoms. The molecule has 1 heterocycles. The van der Waals surface area contributed by atoms with E-state index in [-0.39, 0.29) is 0 Å². The number of anilines is 1. The van der Waals surface area contributed by atoms with Crippen molar-refractivity contribution in [2.45, 2.75) is 31.6 Å². The first-order valence-corrected chi connectivity index (χ1v) is 5.58. The second-order valence-corrected chi connectivity index (χ2v) is 4.10. The molecule has 2 rings (SSSR count). The molecule has 5 heteroatoms. The van der Waals surface area contributed by atoms with Crippen molar-refractivity contribution in [2.75, 3.05) is 5.32 Å². The van der Waals surface area contributed by atoms with E-state index in [1.54, 1.807) is 0 Å². The topological polar surface area (TPSA) is 90.6 Å². The van der Waals surface area contributed by atoms with Crippen LogP contribution >= 0.6 is 0 Å². The number of hydrogen-bond donors (Lipinski definition) is 4. The largest absolute Gasteiger partial charge is 0.385 e. The average Bonchev–Trinajstić information content (AvgIpc) is 2.86. The maximum atomic E-state index is 6.89. The molecule has 1 aromatic heterocycles. The molecular formula is C11H17N5. The molecule has 0 unspecified atom stereocenters. The molecule has 1 aliphatic carbocycles. The predicted octanol–water partition coefficient (Wildman–Crippen LogP) is 1.93. The molecular weight excluding hydrogens is 202 g/mol. The third-order valence-electron chi connectivity index (χ3n) is 2.91. The summed E-state index contributed by atoms with van der Waals surface area (Å²) in [6.07, 6.45) is 7.71. The van der Waals surface area contributed by atoms with E-state index < -0.39 is 0 Å². The lowest BCUT2D eigenvalue weighted by molar-refractivity contribution is 0.693. The second-order valence-electron chi connectivity index (χ2n) is 4.10. The van der Waals surface area contributed by atoms with Crippen molar-refractivity contribution >= 4 is 12.0 Å². The fourth-order valence-corrected chi connectivity index (χ4v) is 2.12. The lowest BCUT2D eigenvalue weighted by Crippen LogP contribution is -2.09. The molecule has 5 nitrogen and oxygen atoms in total. The van der Waals surface area contributed by atoms with Gasteiger partial charge in [0.1, 0.15) is 11.6 Å². The Kier molecular flexibility index (Phi) is 3.24. The molecule has 1 saturated carbocycles. The minimum atomic E-state index is 0.441. The Morgan fingerprint density at radius 1 is 1.56 bits per heavy atom. The van der Waals surface area contributed by atoms with E-state index in [0.717, 1.165) is 17.7 Å². The van der Waals surface area contributed by atoms with Crippen molar-refractivity contribution < 1.29 is 0 Å². The molecule has 16 heavy (non-hydrogen) atoms. The Balaban J connectivity index is 2.01. The zero-order valence-electron chi connectivity index (χ0n) is 9.16. The van der Waals surface area contributed by atoms with E-state index in [9.17, 15) is 0 Å². The van der Waals surface area contributed by atoms with Crippen LogP contribution in [0, 0.1) is 5.41 Å². The Labute approximate surface area is 94.6 Å². The van der Waals surface area contributed by atoms with Crippen LogP contribution in [0.25, 0.3) is 0 Å². The first-order valence-electron chi connectivity index (χ1n) is 5.58. The maximum Gasteiger partial charge on any atom is 0.127 e. The number of nitrogens with one attached hydrogen (secondary N) is 3.